The molecule has 0 spiro atoms. The Kier molecular flexibility index (Phi) is 4.16. The van der Waals surface area contributed by atoms with Gasteiger partial charge in [-0.25, -0.2) is 13.1 Å². The Morgan fingerprint density at radius 1 is 1.43 bits per heavy atom. The van der Waals surface area contributed by atoms with E-state index < -0.39 is 9.84 Å². The first-order valence-electron chi connectivity index (χ1n) is 7.17. The van der Waals surface area contributed by atoms with Crippen molar-refractivity contribution in [2.45, 2.75) is 19.4 Å². The largest absolute Gasteiger partial charge is 0.299 e. The van der Waals surface area contributed by atoms with E-state index in [1.54, 1.807) is 31.2 Å². The van der Waals surface area contributed by atoms with Gasteiger partial charge in [0.15, 0.2) is 9.84 Å². The van der Waals surface area contributed by atoms with Crippen molar-refractivity contribution in [3.8, 4) is 0 Å². The van der Waals surface area contributed by atoms with E-state index in [1.807, 2.05) is 0 Å². The summed E-state index contributed by atoms with van der Waals surface area (Å²) in [7, 11) is -3.05. The second-order valence-corrected chi connectivity index (χ2v) is 8.29. The number of hydrogen-bond donors (Lipinski definition) is 1. The number of aromatic nitrogens is 2. The van der Waals surface area contributed by atoms with Crippen LogP contribution in [0.4, 0.5) is 5.69 Å². The SMILES string of the molecule is Cc1[nH]n([C@H]2CCS(=O)(=O)C2)c(=O)c1C=Nc1cccc(Cl)c1. The van der Waals surface area contributed by atoms with E-state index in [2.05, 4.69) is 10.1 Å². The van der Waals surface area contributed by atoms with Gasteiger partial charge in [0.1, 0.15) is 0 Å². The van der Waals surface area contributed by atoms with Crippen LogP contribution < -0.4 is 5.56 Å². The number of nitrogens with one attached hydrogen (secondary N) is 1. The molecule has 1 atom stereocenters. The van der Waals surface area contributed by atoms with E-state index in [-0.39, 0.29) is 23.1 Å². The zero-order valence-electron chi connectivity index (χ0n) is 12.5. The number of H-pyrrole nitrogens is 1. The molecule has 2 aromatic rings. The van der Waals surface area contributed by atoms with Gasteiger partial charge < -0.3 is 0 Å². The third-order valence-electron chi connectivity index (χ3n) is 3.87. The van der Waals surface area contributed by atoms with Gasteiger partial charge in [-0.3, -0.25) is 14.9 Å². The van der Waals surface area contributed by atoms with Crippen LogP contribution in [0.2, 0.25) is 5.02 Å². The first-order chi connectivity index (χ1) is 10.9. The zero-order chi connectivity index (χ0) is 16.6. The molecular formula is C15H16ClN3O3S. The number of aryl methyl sites for hydroxylation is 1. The highest BCUT2D eigenvalue weighted by atomic mass is 35.5. The predicted molar refractivity (Wildman–Crippen MR) is 90.8 cm³/mol. The molecule has 2 heterocycles. The molecule has 1 fully saturated rings. The fraction of sp³-hybridized carbons (Fsp3) is 0.333. The summed E-state index contributed by atoms with van der Waals surface area (Å²) in [6.07, 6.45) is 1.94. The molecule has 122 valence electrons. The molecule has 1 saturated heterocycles. The summed E-state index contributed by atoms with van der Waals surface area (Å²) in [5.74, 6) is 0.117. The number of sulfone groups is 1. The Morgan fingerprint density at radius 2 is 2.22 bits per heavy atom. The Balaban J connectivity index is 1.91. The maximum Gasteiger partial charge on any atom is 0.275 e. The fourth-order valence-corrected chi connectivity index (χ4v) is 4.55. The Morgan fingerprint density at radius 3 is 2.87 bits per heavy atom. The molecule has 1 aliphatic heterocycles. The predicted octanol–water partition coefficient (Wildman–Crippen LogP) is 2.25. The second-order valence-electron chi connectivity index (χ2n) is 5.62. The summed E-state index contributed by atoms with van der Waals surface area (Å²) in [6, 6.07) is 6.67. The van der Waals surface area contributed by atoms with Gasteiger partial charge >= 0.3 is 0 Å². The molecule has 1 aromatic carbocycles. The molecule has 1 aromatic heterocycles. The molecule has 8 heteroatoms. The van der Waals surface area contributed by atoms with Crippen LogP contribution in [0.1, 0.15) is 23.7 Å². The summed E-state index contributed by atoms with van der Waals surface area (Å²) in [5, 5.41) is 3.53. The number of nitrogens with zero attached hydrogens (tertiary/aromatic N) is 2. The molecule has 0 amide bonds. The molecule has 1 N–H and O–H groups in total. The number of aliphatic imine (C=N–C) groups is 1. The van der Waals surface area contributed by atoms with Crippen LogP contribution in [0, 0.1) is 6.92 Å². The van der Waals surface area contributed by atoms with Crippen LogP contribution in [0.3, 0.4) is 0 Å². The molecule has 0 aliphatic carbocycles. The number of benzene rings is 1. The summed E-state index contributed by atoms with van der Waals surface area (Å²) in [6.45, 7) is 1.76. The highest BCUT2D eigenvalue weighted by Gasteiger charge is 2.31. The van der Waals surface area contributed by atoms with Gasteiger partial charge in [-0.15, -0.1) is 0 Å². The molecular weight excluding hydrogens is 338 g/mol. The molecule has 0 radical (unpaired) electrons. The average molecular weight is 354 g/mol. The monoisotopic (exact) mass is 353 g/mol. The van der Waals surface area contributed by atoms with Crippen LogP contribution in [0.15, 0.2) is 34.1 Å². The van der Waals surface area contributed by atoms with Crippen molar-refractivity contribution in [3.63, 3.8) is 0 Å². The van der Waals surface area contributed by atoms with E-state index in [0.29, 0.717) is 28.4 Å². The van der Waals surface area contributed by atoms with Crippen molar-refractivity contribution in [3.05, 3.63) is 50.9 Å². The third-order valence-corrected chi connectivity index (χ3v) is 5.85. The van der Waals surface area contributed by atoms with Crippen molar-refractivity contribution in [2.24, 2.45) is 4.99 Å². The minimum absolute atomic E-state index is 0.00225. The lowest BCUT2D eigenvalue weighted by atomic mass is 10.2. The average Bonchev–Trinajstić information content (AvgIpc) is 2.97. The molecule has 3 rings (SSSR count). The van der Waals surface area contributed by atoms with E-state index in [0.717, 1.165) is 0 Å². The van der Waals surface area contributed by atoms with Gasteiger partial charge in [0.05, 0.1) is 28.8 Å². The van der Waals surface area contributed by atoms with Crippen LogP contribution in [0.5, 0.6) is 0 Å². The number of rotatable bonds is 3. The number of halogens is 1. The maximum atomic E-state index is 12.5. The van der Waals surface area contributed by atoms with E-state index in [4.69, 9.17) is 11.6 Å². The Bertz CT molecular complexity index is 928. The van der Waals surface area contributed by atoms with Crippen molar-refractivity contribution < 1.29 is 8.42 Å². The van der Waals surface area contributed by atoms with Gasteiger partial charge in [0.2, 0.25) is 0 Å². The summed E-state index contributed by atoms with van der Waals surface area (Å²) in [4.78, 5) is 16.8. The topological polar surface area (TPSA) is 84.3 Å². The summed E-state index contributed by atoms with van der Waals surface area (Å²) < 4.78 is 24.6. The molecule has 23 heavy (non-hydrogen) atoms. The van der Waals surface area contributed by atoms with E-state index >= 15 is 0 Å². The van der Waals surface area contributed by atoms with Crippen LogP contribution >= 0.6 is 11.6 Å². The summed E-state index contributed by atoms with van der Waals surface area (Å²) in [5.41, 5.74) is 1.47. The minimum Gasteiger partial charge on any atom is -0.299 e. The molecule has 0 saturated carbocycles. The smallest absolute Gasteiger partial charge is 0.275 e. The highest BCUT2D eigenvalue weighted by molar-refractivity contribution is 7.91. The van der Waals surface area contributed by atoms with Gasteiger partial charge in [-0.2, -0.15) is 0 Å². The lowest BCUT2D eigenvalue weighted by Crippen LogP contribution is -2.25. The normalized spacial score (nSPS) is 20.3. The van der Waals surface area contributed by atoms with Gasteiger partial charge in [0.25, 0.3) is 5.56 Å². The third kappa shape index (κ3) is 3.40. The van der Waals surface area contributed by atoms with Gasteiger partial charge in [-0.1, -0.05) is 17.7 Å². The first-order valence-corrected chi connectivity index (χ1v) is 9.37. The van der Waals surface area contributed by atoms with Crippen molar-refractivity contribution in [1.29, 1.82) is 0 Å². The van der Waals surface area contributed by atoms with Gasteiger partial charge in [0, 0.05) is 16.9 Å². The van der Waals surface area contributed by atoms with Crippen molar-refractivity contribution in [1.82, 2.24) is 9.78 Å². The lowest BCUT2D eigenvalue weighted by molar-refractivity contribution is 0.483. The zero-order valence-corrected chi connectivity index (χ0v) is 14.1. The Labute approximate surface area is 138 Å². The summed E-state index contributed by atoms with van der Waals surface area (Å²) >= 11 is 5.90. The maximum absolute atomic E-state index is 12.5. The van der Waals surface area contributed by atoms with Crippen LogP contribution in [0.25, 0.3) is 0 Å². The van der Waals surface area contributed by atoms with Crippen molar-refractivity contribution in [2.75, 3.05) is 11.5 Å². The molecule has 0 unspecified atom stereocenters. The number of hydrogen-bond acceptors (Lipinski definition) is 4. The van der Waals surface area contributed by atoms with Crippen LogP contribution in [-0.4, -0.2) is 35.9 Å². The second kappa shape index (κ2) is 5.98. The highest BCUT2D eigenvalue weighted by Crippen LogP contribution is 2.22. The van der Waals surface area contributed by atoms with E-state index in [1.165, 1.54) is 10.9 Å². The molecule has 6 nitrogen and oxygen atoms in total. The lowest BCUT2D eigenvalue weighted by Gasteiger charge is -2.07. The van der Waals surface area contributed by atoms with Crippen molar-refractivity contribution >= 4 is 33.3 Å². The molecule has 0 bridgehead atoms. The molecule has 1 aliphatic rings. The standard InChI is InChI=1S/C15H16ClN3O3S/c1-10-14(8-17-12-4-2-3-11(16)7-12)15(20)19(18-10)13-5-6-23(21,22)9-13/h2-4,7-8,13,18H,5-6,9H2,1H3/t13-/m0/s1. The first kappa shape index (κ1) is 16.0. The van der Waals surface area contributed by atoms with Crippen LogP contribution in [-0.2, 0) is 9.84 Å². The minimum atomic E-state index is -3.05. The number of aromatic amines is 1. The van der Waals surface area contributed by atoms with E-state index in [9.17, 15) is 13.2 Å². The Hall–Kier alpha value is -1.86. The van der Waals surface area contributed by atoms with Gasteiger partial charge in [-0.05, 0) is 31.5 Å². The fourth-order valence-electron chi connectivity index (χ4n) is 2.67. The quantitative estimate of drug-likeness (QED) is 0.859.